The monoisotopic (exact) mass is 270 g/mol. The largest absolute Gasteiger partial charge is 0.481 e. The van der Waals surface area contributed by atoms with E-state index in [0.717, 1.165) is 18.2 Å². The number of aliphatic imine (C=N–C) groups is 1. The van der Waals surface area contributed by atoms with E-state index in [2.05, 4.69) is 4.99 Å². The molecular weight excluding hydrogens is 259 g/mol. The van der Waals surface area contributed by atoms with Crippen LogP contribution in [0.1, 0.15) is 18.0 Å². The Kier molecular flexibility index (Phi) is 4.35. The highest BCUT2D eigenvalue weighted by Crippen LogP contribution is 2.30. The number of nitrogens with zero attached hydrogens (tertiary/aromatic N) is 2. The van der Waals surface area contributed by atoms with Crippen molar-refractivity contribution in [2.75, 3.05) is 0 Å². The Morgan fingerprint density at radius 1 is 1.53 bits per heavy atom. The number of halogens is 1. The van der Waals surface area contributed by atoms with Crippen molar-refractivity contribution in [3.63, 3.8) is 0 Å². The third-order valence-electron chi connectivity index (χ3n) is 2.22. The van der Waals surface area contributed by atoms with Gasteiger partial charge in [-0.15, -0.1) is 0 Å². The van der Waals surface area contributed by atoms with E-state index in [1.807, 2.05) is 0 Å². The summed E-state index contributed by atoms with van der Waals surface area (Å²) >= 11 is 0. The van der Waals surface area contributed by atoms with Crippen LogP contribution in [0, 0.1) is 15.9 Å². The molecule has 0 amide bonds. The van der Waals surface area contributed by atoms with Crippen molar-refractivity contribution in [1.29, 1.82) is 0 Å². The number of hydrogen-bond donors (Lipinski definition) is 3. The maximum Gasteiger partial charge on any atom is 0.305 e. The quantitative estimate of drug-likeness (QED) is 0.308. The number of nitrogens with two attached hydrogens (primary N) is 2. The molecule has 0 aromatic heterocycles. The van der Waals surface area contributed by atoms with Crippen LogP contribution in [-0.4, -0.2) is 22.0 Å². The molecule has 0 aliphatic rings. The van der Waals surface area contributed by atoms with E-state index in [1.54, 1.807) is 0 Å². The van der Waals surface area contributed by atoms with Gasteiger partial charge < -0.3 is 16.6 Å². The van der Waals surface area contributed by atoms with Gasteiger partial charge in [0.1, 0.15) is 5.82 Å². The minimum absolute atomic E-state index is 0.194. The first-order valence-electron chi connectivity index (χ1n) is 5.05. The summed E-state index contributed by atoms with van der Waals surface area (Å²) < 4.78 is 13.2. The van der Waals surface area contributed by atoms with Crippen LogP contribution in [0.4, 0.5) is 10.1 Å². The number of carboxylic acid groups (broad SMARTS) is 1. The minimum atomic E-state index is -1.27. The molecule has 1 unspecified atom stereocenters. The van der Waals surface area contributed by atoms with Crippen LogP contribution in [0.3, 0.4) is 0 Å². The first kappa shape index (κ1) is 14.4. The highest BCUT2D eigenvalue weighted by Gasteiger charge is 2.24. The SMILES string of the molecule is NC(N)=NC(CC(=O)O)c1cc(F)ccc1[N+](=O)[O-]. The van der Waals surface area contributed by atoms with Gasteiger partial charge in [0.2, 0.25) is 0 Å². The fourth-order valence-electron chi connectivity index (χ4n) is 1.53. The van der Waals surface area contributed by atoms with Gasteiger partial charge in [-0.3, -0.25) is 14.9 Å². The van der Waals surface area contributed by atoms with Crippen LogP contribution < -0.4 is 11.5 Å². The first-order chi connectivity index (χ1) is 8.81. The molecule has 0 heterocycles. The summed E-state index contributed by atoms with van der Waals surface area (Å²) in [6.45, 7) is 0. The lowest BCUT2D eigenvalue weighted by molar-refractivity contribution is -0.385. The van der Waals surface area contributed by atoms with Crippen molar-refractivity contribution in [2.24, 2.45) is 16.5 Å². The number of aliphatic carboxylic acids is 1. The number of carbonyl (C=O) groups is 1. The van der Waals surface area contributed by atoms with E-state index in [0.29, 0.717) is 0 Å². The standard InChI is InChI=1S/C10H11FN4O4/c11-5-1-2-8(15(18)19)6(3-5)7(4-9(16)17)14-10(12)13/h1-3,7H,4H2,(H,16,17)(H4,12,13,14). The van der Waals surface area contributed by atoms with Gasteiger partial charge in [-0.05, 0) is 12.1 Å². The molecular formula is C10H11FN4O4. The van der Waals surface area contributed by atoms with Crippen LogP contribution in [-0.2, 0) is 4.79 Å². The molecule has 0 radical (unpaired) electrons. The second-order valence-corrected chi connectivity index (χ2v) is 3.63. The molecule has 5 N–H and O–H groups in total. The lowest BCUT2D eigenvalue weighted by atomic mass is 10.0. The zero-order chi connectivity index (χ0) is 14.6. The van der Waals surface area contributed by atoms with E-state index in [-0.39, 0.29) is 5.56 Å². The predicted octanol–water partition coefficient (Wildman–Crippen LogP) is 0.523. The smallest absolute Gasteiger partial charge is 0.305 e. The van der Waals surface area contributed by atoms with E-state index in [4.69, 9.17) is 16.6 Å². The van der Waals surface area contributed by atoms with Crippen molar-refractivity contribution in [1.82, 2.24) is 0 Å². The van der Waals surface area contributed by atoms with Gasteiger partial charge >= 0.3 is 5.97 Å². The Bertz CT molecular complexity index is 542. The number of nitro benzene ring substituents is 1. The number of rotatable bonds is 5. The predicted molar refractivity (Wildman–Crippen MR) is 63.9 cm³/mol. The zero-order valence-corrected chi connectivity index (χ0v) is 9.62. The van der Waals surface area contributed by atoms with Crippen molar-refractivity contribution < 1.29 is 19.2 Å². The normalized spacial score (nSPS) is 11.6. The van der Waals surface area contributed by atoms with Gasteiger partial charge in [0.15, 0.2) is 5.96 Å². The molecule has 0 aliphatic carbocycles. The molecule has 1 aromatic carbocycles. The second kappa shape index (κ2) is 5.76. The molecule has 19 heavy (non-hydrogen) atoms. The van der Waals surface area contributed by atoms with Crippen LogP contribution in [0.5, 0.6) is 0 Å². The summed E-state index contributed by atoms with van der Waals surface area (Å²) in [5.74, 6) is -2.46. The first-order valence-corrected chi connectivity index (χ1v) is 5.05. The van der Waals surface area contributed by atoms with Crippen molar-refractivity contribution in [3.8, 4) is 0 Å². The maximum absolute atomic E-state index is 13.2. The lowest BCUT2D eigenvalue weighted by Crippen LogP contribution is -2.24. The molecule has 0 bridgehead atoms. The van der Waals surface area contributed by atoms with Gasteiger partial charge in [-0.25, -0.2) is 9.38 Å². The summed E-state index contributed by atoms with van der Waals surface area (Å²) in [6.07, 6.45) is -0.595. The Labute approximate surface area is 106 Å². The topological polar surface area (TPSA) is 145 Å². The highest BCUT2D eigenvalue weighted by molar-refractivity contribution is 5.77. The minimum Gasteiger partial charge on any atom is -0.481 e. The van der Waals surface area contributed by atoms with Crippen molar-refractivity contribution in [2.45, 2.75) is 12.5 Å². The van der Waals surface area contributed by atoms with Crippen LogP contribution in [0.15, 0.2) is 23.2 Å². The number of benzene rings is 1. The molecule has 1 rings (SSSR count). The molecule has 0 saturated heterocycles. The van der Waals surface area contributed by atoms with Gasteiger partial charge in [-0.1, -0.05) is 0 Å². The Hall–Kier alpha value is -2.71. The maximum atomic E-state index is 13.2. The average molecular weight is 270 g/mol. The second-order valence-electron chi connectivity index (χ2n) is 3.63. The van der Waals surface area contributed by atoms with Crippen LogP contribution in [0.2, 0.25) is 0 Å². The summed E-state index contributed by atoms with van der Waals surface area (Å²) in [7, 11) is 0. The van der Waals surface area contributed by atoms with Crippen LogP contribution >= 0.6 is 0 Å². The third-order valence-corrected chi connectivity index (χ3v) is 2.22. The van der Waals surface area contributed by atoms with E-state index in [1.165, 1.54) is 0 Å². The summed E-state index contributed by atoms with van der Waals surface area (Å²) in [4.78, 5) is 24.4. The zero-order valence-electron chi connectivity index (χ0n) is 9.62. The highest BCUT2D eigenvalue weighted by atomic mass is 19.1. The number of guanidine groups is 1. The number of carboxylic acids is 1. The fourth-order valence-corrected chi connectivity index (χ4v) is 1.53. The lowest BCUT2D eigenvalue weighted by Gasteiger charge is -2.11. The fraction of sp³-hybridized carbons (Fsp3) is 0.200. The summed E-state index contributed by atoms with van der Waals surface area (Å²) in [5, 5.41) is 19.6. The van der Waals surface area contributed by atoms with E-state index < -0.39 is 40.8 Å². The van der Waals surface area contributed by atoms with Gasteiger partial charge in [0.25, 0.3) is 5.69 Å². The summed E-state index contributed by atoms with van der Waals surface area (Å²) in [5.41, 5.74) is 9.64. The average Bonchev–Trinajstić information content (AvgIpc) is 2.26. The number of hydrogen-bond acceptors (Lipinski definition) is 4. The van der Waals surface area contributed by atoms with Gasteiger partial charge in [0, 0.05) is 6.07 Å². The third kappa shape index (κ3) is 3.91. The Morgan fingerprint density at radius 3 is 2.63 bits per heavy atom. The van der Waals surface area contributed by atoms with E-state index in [9.17, 15) is 19.3 Å². The molecule has 0 spiro atoms. The molecule has 1 atom stereocenters. The summed E-state index contributed by atoms with van der Waals surface area (Å²) in [6, 6.07) is 1.45. The molecule has 102 valence electrons. The molecule has 8 nitrogen and oxygen atoms in total. The molecule has 9 heteroatoms. The van der Waals surface area contributed by atoms with Crippen molar-refractivity contribution in [3.05, 3.63) is 39.7 Å². The van der Waals surface area contributed by atoms with Crippen molar-refractivity contribution >= 4 is 17.6 Å². The number of nitro groups is 1. The van der Waals surface area contributed by atoms with E-state index >= 15 is 0 Å². The molecule has 1 aromatic rings. The Balaban J connectivity index is 3.35. The molecule has 0 fully saturated rings. The molecule has 0 saturated carbocycles. The van der Waals surface area contributed by atoms with Gasteiger partial charge in [-0.2, -0.15) is 0 Å². The van der Waals surface area contributed by atoms with Crippen LogP contribution in [0.25, 0.3) is 0 Å². The molecule has 0 aliphatic heterocycles. The Morgan fingerprint density at radius 2 is 2.16 bits per heavy atom. The van der Waals surface area contributed by atoms with Gasteiger partial charge in [0.05, 0.1) is 22.9 Å².